The Morgan fingerprint density at radius 2 is 2.00 bits per heavy atom. The smallest absolute Gasteiger partial charge is 0.410 e. The van der Waals surface area contributed by atoms with Gasteiger partial charge >= 0.3 is 12.1 Å². The second kappa shape index (κ2) is 11.9. The van der Waals surface area contributed by atoms with E-state index in [1.54, 1.807) is 44.4 Å². The van der Waals surface area contributed by atoms with E-state index in [0.717, 1.165) is 24.0 Å². The van der Waals surface area contributed by atoms with Crippen LogP contribution < -0.4 is 0 Å². The van der Waals surface area contributed by atoms with Crippen LogP contribution in [-0.2, 0) is 30.4 Å². The fourth-order valence-corrected chi connectivity index (χ4v) is 4.73. The number of hydrogen-bond donors (Lipinski definition) is 0. The number of nitrogens with zero attached hydrogens (tertiary/aromatic N) is 4. The second-order valence-corrected chi connectivity index (χ2v) is 9.39. The van der Waals surface area contributed by atoms with E-state index in [-0.39, 0.29) is 0 Å². The van der Waals surface area contributed by atoms with Crippen molar-refractivity contribution in [3.05, 3.63) is 37.1 Å². The molecule has 0 N–H and O–H groups in total. The van der Waals surface area contributed by atoms with Gasteiger partial charge in [-0.3, -0.25) is 9.78 Å². The van der Waals surface area contributed by atoms with E-state index in [4.69, 9.17) is 9.47 Å². The Morgan fingerprint density at radius 1 is 1.25 bits per heavy atom. The SMILES string of the molecule is CC[C@@H](OC(=O)[C@H](C)C=O)[C@@]1(C)OC(=O)N(CCCCn2cnc(-c3cccnc3)c2)[C@@H]1[C@@H](C)C=O. The molecule has 1 saturated heterocycles. The van der Waals surface area contributed by atoms with Crippen LogP contribution in [0.15, 0.2) is 37.1 Å². The Kier molecular flexibility index (Phi) is 8.95. The molecule has 3 rings (SSSR count). The maximum atomic E-state index is 12.9. The van der Waals surface area contributed by atoms with Crippen LogP contribution in [0.25, 0.3) is 11.3 Å². The lowest BCUT2D eigenvalue weighted by molar-refractivity contribution is -0.168. The molecule has 10 nitrogen and oxygen atoms in total. The number of cyclic esters (lactones) is 1. The largest absolute Gasteiger partial charge is 0.458 e. The van der Waals surface area contributed by atoms with Gasteiger partial charge in [-0.05, 0) is 45.2 Å². The summed E-state index contributed by atoms with van der Waals surface area (Å²) < 4.78 is 13.3. The van der Waals surface area contributed by atoms with Gasteiger partial charge in [0.15, 0.2) is 5.60 Å². The highest BCUT2D eigenvalue weighted by Crippen LogP contribution is 2.39. The number of carbonyl (C=O) groups excluding carboxylic acids is 4. The van der Waals surface area contributed by atoms with Gasteiger partial charge in [-0.2, -0.15) is 0 Å². The summed E-state index contributed by atoms with van der Waals surface area (Å²) in [5.74, 6) is -2.16. The Balaban J connectivity index is 1.65. The maximum Gasteiger partial charge on any atom is 0.410 e. The molecule has 1 fully saturated rings. The molecule has 0 bridgehead atoms. The second-order valence-electron chi connectivity index (χ2n) is 9.39. The van der Waals surface area contributed by atoms with Gasteiger partial charge in [0.1, 0.15) is 24.6 Å². The number of aryl methyl sites for hydroxylation is 1. The molecule has 0 aromatic carbocycles. The molecule has 0 unspecified atom stereocenters. The summed E-state index contributed by atoms with van der Waals surface area (Å²) in [6.45, 7) is 7.76. The first-order valence-corrected chi connectivity index (χ1v) is 12.3. The van der Waals surface area contributed by atoms with Crippen LogP contribution in [-0.4, -0.2) is 68.4 Å². The number of imidazole rings is 1. The van der Waals surface area contributed by atoms with Crippen LogP contribution in [0.1, 0.15) is 47.0 Å². The molecule has 5 atom stereocenters. The van der Waals surface area contributed by atoms with E-state index in [1.807, 2.05) is 22.9 Å². The predicted molar refractivity (Wildman–Crippen MR) is 131 cm³/mol. The molecule has 3 heterocycles. The van der Waals surface area contributed by atoms with Crippen LogP contribution in [0.2, 0.25) is 0 Å². The lowest BCUT2D eigenvalue weighted by atomic mass is 9.81. The number of amides is 1. The molecular weight excluding hydrogens is 464 g/mol. The molecule has 10 heteroatoms. The van der Waals surface area contributed by atoms with Crippen molar-refractivity contribution in [2.45, 2.75) is 71.2 Å². The Hall–Kier alpha value is -3.56. The Bertz CT molecular complexity index is 1060. The van der Waals surface area contributed by atoms with Gasteiger partial charge in [0.2, 0.25) is 0 Å². The Morgan fingerprint density at radius 3 is 2.64 bits per heavy atom. The number of hydrogen-bond acceptors (Lipinski definition) is 8. The van der Waals surface area contributed by atoms with Crippen LogP contribution in [0.5, 0.6) is 0 Å². The molecule has 36 heavy (non-hydrogen) atoms. The van der Waals surface area contributed by atoms with E-state index in [2.05, 4.69) is 9.97 Å². The quantitative estimate of drug-likeness (QED) is 0.179. The van der Waals surface area contributed by atoms with E-state index >= 15 is 0 Å². The predicted octanol–water partition coefficient (Wildman–Crippen LogP) is 3.30. The van der Waals surface area contributed by atoms with Crippen LogP contribution in [0.4, 0.5) is 4.79 Å². The average molecular weight is 499 g/mol. The van der Waals surface area contributed by atoms with Gasteiger partial charge in [0.25, 0.3) is 0 Å². The molecular formula is C26H34N4O6. The summed E-state index contributed by atoms with van der Waals surface area (Å²) in [4.78, 5) is 58.1. The summed E-state index contributed by atoms with van der Waals surface area (Å²) in [5, 5.41) is 0. The van der Waals surface area contributed by atoms with E-state index < -0.39 is 41.6 Å². The van der Waals surface area contributed by atoms with Crippen molar-refractivity contribution >= 4 is 24.6 Å². The van der Waals surface area contributed by atoms with Crippen molar-refractivity contribution in [2.75, 3.05) is 6.54 Å². The van der Waals surface area contributed by atoms with Gasteiger partial charge < -0.3 is 28.5 Å². The van der Waals surface area contributed by atoms with Crippen molar-refractivity contribution in [3.8, 4) is 11.3 Å². The van der Waals surface area contributed by atoms with Crippen LogP contribution >= 0.6 is 0 Å². The highest BCUT2D eigenvalue weighted by molar-refractivity contribution is 5.87. The van der Waals surface area contributed by atoms with Crippen molar-refractivity contribution in [3.63, 3.8) is 0 Å². The molecule has 2 aromatic rings. The monoisotopic (exact) mass is 498 g/mol. The topological polar surface area (TPSA) is 121 Å². The first-order valence-electron chi connectivity index (χ1n) is 12.3. The third kappa shape index (κ3) is 5.80. The molecule has 0 spiro atoms. The highest BCUT2D eigenvalue weighted by Gasteiger charge is 2.58. The zero-order valence-corrected chi connectivity index (χ0v) is 21.2. The normalized spacial score (nSPS) is 21.9. The van der Waals surface area contributed by atoms with Gasteiger partial charge in [0, 0.05) is 43.2 Å². The minimum Gasteiger partial charge on any atom is -0.458 e. The minimum atomic E-state index is -1.23. The summed E-state index contributed by atoms with van der Waals surface area (Å²) in [7, 11) is 0. The average Bonchev–Trinajstić information content (AvgIpc) is 3.46. The van der Waals surface area contributed by atoms with Gasteiger partial charge in [-0.25, -0.2) is 9.78 Å². The third-order valence-electron chi connectivity index (χ3n) is 6.68. The summed E-state index contributed by atoms with van der Waals surface area (Å²) in [6, 6.07) is 3.20. The number of aldehydes is 2. The number of unbranched alkanes of at least 4 members (excludes halogenated alkanes) is 1. The molecule has 194 valence electrons. The number of rotatable bonds is 13. The Labute approximate surface area is 211 Å². The number of carbonyl (C=O) groups is 4. The lowest BCUT2D eigenvalue weighted by Gasteiger charge is -2.38. The molecule has 1 amide bonds. The number of esters is 1. The summed E-state index contributed by atoms with van der Waals surface area (Å²) in [6.07, 6.45) is 8.95. The molecule has 2 aromatic heterocycles. The molecule has 0 saturated carbocycles. The molecule has 0 radical (unpaired) electrons. The van der Waals surface area contributed by atoms with Crippen molar-refractivity contribution in [2.24, 2.45) is 11.8 Å². The van der Waals surface area contributed by atoms with Gasteiger partial charge in [-0.15, -0.1) is 0 Å². The molecule has 0 aliphatic carbocycles. The van der Waals surface area contributed by atoms with Gasteiger partial charge in [0.05, 0.1) is 18.1 Å². The summed E-state index contributed by atoms with van der Waals surface area (Å²) in [5.41, 5.74) is 0.550. The van der Waals surface area contributed by atoms with Crippen LogP contribution in [0, 0.1) is 11.8 Å². The van der Waals surface area contributed by atoms with Crippen LogP contribution in [0.3, 0.4) is 0 Å². The molecule has 1 aliphatic rings. The first kappa shape index (κ1) is 27.0. The highest BCUT2D eigenvalue weighted by atomic mass is 16.6. The summed E-state index contributed by atoms with van der Waals surface area (Å²) >= 11 is 0. The number of pyridine rings is 1. The molecule has 1 aliphatic heterocycles. The minimum absolute atomic E-state index is 0.358. The zero-order chi connectivity index (χ0) is 26.3. The standard InChI is InChI=1S/C26H34N4O6/c1-5-22(35-24(33)19(3)16-32)26(4)23(18(2)15-31)30(25(34)36-26)12-7-6-11-29-14-21(28-17-29)20-9-8-10-27-13-20/h8-10,13-19,22-23H,5-7,11-12H2,1-4H3/t18-,19+,22+,23+,26+/m0/s1. The maximum absolute atomic E-state index is 12.9. The van der Waals surface area contributed by atoms with Gasteiger partial charge in [-0.1, -0.05) is 13.8 Å². The zero-order valence-electron chi connectivity index (χ0n) is 21.2. The van der Waals surface area contributed by atoms with Crippen molar-refractivity contribution in [1.29, 1.82) is 0 Å². The van der Waals surface area contributed by atoms with Crippen molar-refractivity contribution in [1.82, 2.24) is 19.4 Å². The fraction of sp³-hybridized carbons (Fsp3) is 0.538. The van der Waals surface area contributed by atoms with E-state index in [1.165, 1.54) is 6.92 Å². The first-order chi connectivity index (χ1) is 17.2. The van der Waals surface area contributed by atoms with E-state index in [9.17, 15) is 19.2 Å². The lowest BCUT2D eigenvalue weighted by Crippen LogP contribution is -2.56. The number of ether oxygens (including phenoxy) is 2. The fourth-order valence-electron chi connectivity index (χ4n) is 4.73. The third-order valence-corrected chi connectivity index (χ3v) is 6.68. The van der Waals surface area contributed by atoms with Crippen molar-refractivity contribution < 1.29 is 28.7 Å². The van der Waals surface area contributed by atoms with E-state index in [0.29, 0.717) is 32.2 Å². The number of aromatic nitrogens is 3.